The van der Waals surface area contributed by atoms with Crippen molar-refractivity contribution in [3.63, 3.8) is 0 Å². The predicted octanol–water partition coefficient (Wildman–Crippen LogP) is 3.88. The van der Waals surface area contributed by atoms with E-state index in [4.69, 9.17) is 0 Å². The minimum atomic E-state index is -3.37. The molecule has 0 aliphatic heterocycles. The lowest BCUT2D eigenvalue weighted by Crippen LogP contribution is -2.31. The third-order valence-corrected chi connectivity index (χ3v) is 8.48. The quantitative estimate of drug-likeness (QED) is 0.371. The summed E-state index contributed by atoms with van der Waals surface area (Å²) in [4.78, 5) is 19.9. The summed E-state index contributed by atoms with van der Waals surface area (Å²) in [6, 6.07) is 20.5. The molecule has 4 rings (SSSR count). The van der Waals surface area contributed by atoms with Gasteiger partial charge in [0.05, 0.1) is 33.0 Å². The van der Waals surface area contributed by atoms with E-state index in [0.29, 0.717) is 27.5 Å². The van der Waals surface area contributed by atoms with Crippen molar-refractivity contribution >= 4 is 52.3 Å². The molecule has 0 N–H and O–H groups in total. The Hall–Kier alpha value is -3.08. The maximum atomic E-state index is 13.4. The van der Waals surface area contributed by atoms with Crippen LogP contribution in [0.15, 0.2) is 82.6 Å². The Morgan fingerprint density at radius 1 is 0.824 bits per heavy atom. The zero-order valence-electron chi connectivity index (χ0n) is 18.5. The lowest BCUT2D eigenvalue weighted by atomic mass is 10.1. The van der Waals surface area contributed by atoms with Gasteiger partial charge >= 0.3 is 0 Å². The standard InChI is InChI=1S/C24H22N2O5S3/c1-33(28,29)19-10-8-17(9-11-19)14-23(27)26(16-18-6-4-3-5-7-18)24-25-21-13-12-20(34(2,30)31)15-22(21)32-24/h3-13,15H,14,16H2,1-2H3. The van der Waals surface area contributed by atoms with Crippen LogP contribution in [0.4, 0.5) is 5.13 Å². The van der Waals surface area contributed by atoms with Crippen LogP contribution in [0.25, 0.3) is 10.2 Å². The topological polar surface area (TPSA) is 101 Å². The molecule has 0 aliphatic carbocycles. The largest absolute Gasteiger partial charge is 0.283 e. The van der Waals surface area contributed by atoms with Crippen LogP contribution >= 0.6 is 11.3 Å². The first-order valence-corrected chi connectivity index (χ1v) is 14.8. The number of sulfone groups is 2. The van der Waals surface area contributed by atoms with E-state index in [1.807, 2.05) is 30.3 Å². The SMILES string of the molecule is CS(=O)(=O)c1ccc(CC(=O)N(Cc2ccccc2)c2nc3ccc(S(C)(=O)=O)cc3s2)cc1. The van der Waals surface area contributed by atoms with Crippen molar-refractivity contribution in [3.05, 3.63) is 83.9 Å². The first-order chi connectivity index (χ1) is 16.0. The summed E-state index contributed by atoms with van der Waals surface area (Å²) in [7, 11) is -6.69. The number of carbonyl (C=O) groups is 1. The maximum absolute atomic E-state index is 13.4. The second-order valence-corrected chi connectivity index (χ2v) is 13.0. The van der Waals surface area contributed by atoms with Gasteiger partial charge < -0.3 is 0 Å². The van der Waals surface area contributed by atoms with Crippen LogP contribution < -0.4 is 4.90 Å². The van der Waals surface area contributed by atoms with Gasteiger partial charge in [0, 0.05) is 12.5 Å². The normalized spacial score (nSPS) is 12.1. The van der Waals surface area contributed by atoms with Crippen molar-refractivity contribution in [3.8, 4) is 0 Å². The van der Waals surface area contributed by atoms with E-state index < -0.39 is 19.7 Å². The molecule has 0 unspecified atom stereocenters. The summed E-state index contributed by atoms with van der Waals surface area (Å²) in [5, 5.41) is 0.460. The fourth-order valence-corrected chi connectivity index (χ4v) is 5.77. The molecule has 176 valence electrons. The molecule has 0 saturated heterocycles. The third-order valence-electron chi connectivity index (χ3n) is 5.20. The molecule has 10 heteroatoms. The van der Waals surface area contributed by atoms with Crippen LogP contribution in [0.5, 0.6) is 0 Å². The number of hydrogen-bond donors (Lipinski definition) is 0. The van der Waals surface area contributed by atoms with Gasteiger partial charge in [-0.25, -0.2) is 21.8 Å². The van der Waals surface area contributed by atoms with Crippen molar-refractivity contribution in [1.82, 2.24) is 4.98 Å². The number of aromatic nitrogens is 1. The van der Waals surface area contributed by atoms with Crippen molar-refractivity contribution in [2.45, 2.75) is 22.8 Å². The van der Waals surface area contributed by atoms with Crippen molar-refractivity contribution in [1.29, 1.82) is 0 Å². The van der Waals surface area contributed by atoms with Gasteiger partial charge in [0.25, 0.3) is 0 Å². The molecule has 0 fully saturated rings. The molecule has 0 bridgehead atoms. The highest BCUT2D eigenvalue weighted by Gasteiger charge is 2.21. The lowest BCUT2D eigenvalue weighted by molar-refractivity contribution is -0.118. The first-order valence-electron chi connectivity index (χ1n) is 10.2. The minimum absolute atomic E-state index is 0.0569. The van der Waals surface area contributed by atoms with Gasteiger partial charge in [-0.15, -0.1) is 0 Å². The van der Waals surface area contributed by atoms with Crippen molar-refractivity contribution in [2.24, 2.45) is 0 Å². The fraction of sp³-hybridized carbons (Fsp3) is 0.167. The summed E-state index contributed by atoms with van der Waals surface area (Å²) in [6.07, 6.45) is 2.34. The van der Waals surface area contributed by atoms with Crippen LogP contribution in [0, 0.1) is 0 Å². The molecule has 1 amide bonds. The number of hydrogen-bond acceptors (Lipinski definition) is 7. The second kappa shape index (κ2) is 9.28. The van der Waals surface area contributed by atoms with E-state index in [9.17, 15) is 21.6 Å². The van der Waals surface area contributed by atoms with Gasteiger partial charge in [0.1, 0.15) is 0 Å². The van der Waals surface area contributed by atoms with Gasteiger partial charge in [0.2, 0.25) is 5.91 Å². The van der Waals surface area contributed by atoms with E-state index in [2.05, 4.69) is 4.98 Å². The number of nitrogens with zero attached hydrogens (tertiary/aromatic N) is 2. The Bertz CT molecular complexity index is 1560. The minimum Gasteiger partial charge on any atom is -0.283 e. The van der Waals surface area contributed by atoms with Crippen LogP contribution in [-0.4, -0.2) is 40.2 Å². The molecule has 34 heavy (non-hydrogen) atoms. The van der Waals surface area contributed by atoms with E-state index in [1.54, 1.807) is 29.2 Å². The Kier molecular flexibility index (Phi) is 6.57. The lowest BCUT2D eigenvalue weighted by Gasteiger charge is -2.20. The van der Waals surface area contributed by atoms with E-state index in [1.165, 1.54) is 29.5 Å². The highest BCUT2D eigenvalue weighted by molar-refractivity contribution is 7.91. The van der Waals surface area contributed by atoms with Crippen molar-refractivity contribution < 1.29 is 21.6 Å². The second-order valence-electron chi connectivity index (χ2n) is 7.96. The summed E-state index contributed by atoms with van der Waals surface area (Å²) in [6.45, 7) is 0.292. The van der Waals surface area contributed by atoms with Gasteiger partial charge in [0.15, 0.2) is 24.8 Å². The van der Waals surface area contributed by atoms with Crippen LogP contribution in [0.1, 0.15) is 11.1 Å². The summed E-state index contributed by atoms with van der Waals surface area (Å²) in [5.74, 6) is -0.210. The Morgan fingerprint density at radius 3 is 2.06 bits per heavy atom. The molecule has 0 aliphatic rings. The molecule has 4 aromatic rings. The van der Waals surface area contributed by atoms with E-state index in [0.717, 1.165) is 18.1 Å². The van der Waals surface area contributed by atoms with Gasteiger partial charge in [-0.05, 0) is 41.5 Å². The maximum Gasteiger partial charge on any atom is 0.233 e. The van der Waals surface area contributed by atoms with Crippen LogP contribution in [0.2, 0.25) is 0 Å². The average molecular weight is 515 g/mol. The average Bonchev–Trinajstić information content (AvgIpc) is 3.20. The number of carbonyl (C=O) groups excluding carboxylic acids is 1. The Labute approximate surface area is 202 Å². The molecule has 1 heterocycles. The number of rotatable bonds is 7. The molecule has 1 aromatic heterocycles. The number of fused-ring (bicyclic) bond motifs is 1. The molecular weight excluding hydrogens is 492 g/mol. The van der Waals surface area contributed by atoms with Crippen LogP contribution in [0.3, 0.4) is 0 Å². The summed E-state index contributed by atoms with van der Waals surface area (Å²) >= 11 is 1.25. The van der Waals surface area contributed by atoms with Gasteiger partial charge in [-0.1, -0.05) is 53.8 Å². The van der Waals surface area contributed by atoms with Crippen LogP contribution in [-0.2, 0) is 37.4 Å². The third kappa shape index (κ3) is 5.52. The Morgan fingerprint density at radius 2 is 1.44 bits per heavy atom. The molecule has 0 radical (unpaired) electrons. The molecule has 7 nitrogen and oxygen atoms in total. The Balaban J connectivity index is 1.68. The smallest absolute Gasteiger partial charge is 0.233 e. The van der Waals surface area contributed by atoms with Crippen molar-refractivity contribution in [2.75, 3.05) is 17.4 Å². The number of benzene rings is 3. The predicted molar refractivity (Wildman–Crippen MR) is 134 cm³/mol. The highest BCUT2D eigenvalue weighted by Crippen LogP contribution is 2.32. The number of anilines is 1. The zero-order chi connectivity index (χ0) is 24.5. The summed E-state index contributed by atoms with van der Waals surface area (Å²) in [5.41, 5.74) is 2.20. The van der Waals surface area contributed by atoms with Gasteiger partial charge in [-0.3, -0.25) is 9.69 Å². The number of thiazole rings is 1. The summed E-state index contributed by atoms with van der Waals surface area (Å²) < 4.78 is 48.0. The molecular formula is C24H22N2O5S3. The molecule has 0 spiro atoms. The number of amides is 1. The van der Waals surface area contributed by atoms with E-state index in [-0.39, 0.29) is 22.1 Å². The zero-order valence-corrected chi connectivity index (χ0v) is 21.0. The molecule has 0 saturated carbocycles. The fourth-order valence-electron chi connectivity index (χ4n) is 3.39. The molecule has 3 aromatic carbocycles. The first kappa shape index (κ1) is 24.1. The van der Waals surface area contributed by atoms with Gasteiger partial charge in [-0.2, -0.15) is 0 Å². The monoisotopic (exact) mass is 514 g/mol. The van der Waals surface area contributed by atoms with E-state index >= 15 is 0 Å². The highest BCUT2D eigenvalue weighted by atomic mass is 32.2. The molecule has 0 atom stereocenters.